The second kappa shape index (κ2) is 7.22. The van der Waals surface area contributed by atoms with E-state index in [-0.39, 0.29) is 5.91 Å². The number of amides is 1. The molecule has 9 heteroatoms. The van der Waals surface area contributed by atoms with Crippen LogP contribution in [0.5, 0.6) is 17.2 Å². The second-order valence-corrected chi connectivity index (χ2v) is 5.74. The Morgan fingerprint density at radius 2 is 1.84 bits per heavy atom. The molecule has 3 rings (SSSR count). The zero-order valence-electron chi connectivity index (χ0n) is 13.7. The smallest absolute Gasteiger partial charge is 0.257 e. The monoisotopic (exact) mass is 361 g/mol. The highest BCUT2D eigenvalue weighted by Crippen LogP contribution is 2.38. The van der Waals surface area contributed by atoms with E-state index in [0.717, 1.165) is 0 Å². The number of benzene rings is 1. The van der Waals surface area contributed by atoms with E-state index in [1.165, 1.54) is 32.7 Å². The maximum Gasteiger partial charge on any atom is 0.257 e. The van der Waals surface area contributed by atoms with Gasteiger partial charge in [0.1, 0.15) is 0 Å². The number of nitrogens with one attached hydrogen (secondary N) is 1. The van der Waals surface area contributed by atoms with Gasteiger partial charge in [-0.15, -0.1) is 10.2 Å². The normalized spacial score (nSPS) is 10.4. The third-order valence-corrected chi connectivity index (χ3v) is 4.16. The van der Waals surface area contributed by atoms with Gasteiger partial charge in [0.2, 0.25) is 10.9 Å². The van der Waals surface area contributed by atoms with E-state index in [4.69, 9.17) is 18.6 Å². The molecule has 0 unspecified atom stereocenters. The first-order chi connectivity index (χ1) is 12.2. The fourth-order valence-electron chi connectivity index (χ4n) is 2.16. The number of furan rings is 1. The Labute approximate surface area is 147 Å². The molecule has 0 aliphatic heterocycles. The van der Waals surface area contributed by atoms with Crippen LogP contribution in [0.1, 0.15) is 10.4 Å². The molecule has 0 radical (unpaired) electrons. The number of carbonyl (C=O) groups is 1. The fourth-order valence-corrected chi connectivity index (χ4v) is 2.86. The van der Waals surface area contributed by atoms with Crippen molar-refractivity contribution >= 4 is 22.4 Å². The molecular formula is C16H15N3O5S. The predicted octanol–water partition coefficient (Wildman–Crippen LogP) is 3.08. The average molecular weight is 361 g/mol. The van der Waals surface area contributed by atoms with Crippen molar-refractivity contribution in [2.75, 3.05) is 26.6 Å². The molecule has 1 aromatic carbocycles. The molecule has 1 N–H and O–H groups in total. The Bertz CT molecular complexity index is 851. The van der Waals surface area contributed by atoms with Gasteiger partial charge < -0.3 is 18.6 Å². The summed E-state index contributed by atoms with van der Waals surface area (Å²) in [5, 5.41) is 11.6. The van der Waals surface area contributed by atoms with Gasteiger partial charge in [0, 0.05) is 5.56 Å². The Balaban J connectivity index is 1.84. The van der Waals surface area contributed by atoms with Crippen LogP contribution in [0, 0.1) is 0 Å². The summed E-state index contributed by atoms with van der Waals surface area (Å²) in [5.41, 5.74) is 0.337. The van der Waals surface area contributed by atoms with E-state index in [9.17, 15) is 4.79 Å². The number of ether oxygens (including phenoxy) is 3. The lowest BCUT2D eigenvalue weighted by molar-refractivity contribution is 0.102. The first kappa shape index (κ1) is 16.8. The van der Waals surface area contributed by atoms with E-state index in [1.807, 2.05) is 0 Å². The molecule has 2 aromatic heterocycles. The number of nitrogens with zero attached hydrogens (tertiary/aromatic N) is 2. The van der Waals surface area contributed by atoms with E-state index >= 15 is 0 Å². The van der Waals surface area contributed by atoms with Crippen molar-refractivity contribution in [1.29, 1.82) is 0 Å². The van der Waals surface area contributed by atoms with Gasteiger partial charge in [-0.2, -0.15) is 0 Å². The highest BCUT2D eigenvalue weighted by Gasteiger charge is 2.18. The molecule has 0 atom stereocenters. The summed E-state index contributed by atoms with van der Waals surface area (Å²) >= 11 is 1.21. The van der Waals surface area contributed by atoms with E-state index in [1.54, 1.807) is 30.5 Å². The van der Waals surface area contributed by atoms with Gasteiger partial charge in [-0.1, -0.05) is 11.3 Å². The Kier molecular flexibility index (Phi) is 4.85. The predicted molar refractivity (Wildman–Crippen MR) is 91.7 cm³/mol. The number of anilines is 1. The summed E-state index contributed by atoms with van der Waals surface area (Å²) in [7, 11) is 4.47. The molecule has 0 bridgehead atoms. The molecule has 0 saturated carbocycles. The molecule has 0 aliphatic rings. The van der Waals surface area contributed by atoms with Gasteiger partial charge in [-0.25, -0.2) is 0 Å². The fraction of sp³-hybridized carbons (Fsp3) is 0.188. The van der Waals surface area contributed by atoms with Crippen LogP contribution in [0.4, 0.5) is 5.13 Å². The van der Waals surface area contributed by atoms with Crippen molar-refractivity contribution in [1.82, 2.24) is 10.2 Å². The third-order valence-electron chi connectivity index (χ3n) is 3.30. The van der Waals surface area contributed by atoms with Crippen molar-refractivity contribution < 1.29 is 23.4 Å². The van der Waals surface area contributed by atoms with Gasteiger partial charge in [-0.3, -0.25) is 10.1 Å². The average Bonchev–Trinajstić information content (AvgIpc) is 3.31. The topological polar surface area (TPSA) is 95.7 Å². The summed E-state index contributed by atoms with van der Waals surface area (Å²) in [4.78, 5) is 12.5. The molecule has 0 saturated heterocycles. The van der Waals surface area contributed by atoms with Gasteiger partial charge >= 0.3 is 0 Å². The van der Waals surface area contributed by atoms with Crippen molar-refractivity contribution in [2.24, 2.45) is 0 Å². The summed E-state index contributed by atoms with van der Waals surface area (Å²) < 4.78 is 21.0. The van der Waals surface area contributed by atoms with E-state index in [0.29, 0.717) is 38.7 Å². The van der Waals surface area contributed by atoms with Gasteiger partial charge in [0.05, 0.1) is 27.6 Å². The highest BCUT2D eigenvalue weighted by atomic mass is 32.1. The molecule has 130 valence electrons. The molecular weight excluding hydrogens is 346 g/mol. The quantitative estimate of drug-likeness (QED) is 0.721. The number of hydrogen-bond donors (Lipinski definition) is 1. The SMILES string of the molecule is COc1cc(C(=O)Nc2nnc(-c3ccco3)s2)cc(OC)c1OC. The molecule has 25 heavy (non-hydrogen) atoms. The molecule has 0 spiro atoms. The first-order valence-electron chi connectivity index (χ1n) is 7.15. The molecule has 8 nitrogen and oxygen atoms in total. The van der Waals surface area contributed by atoms with Crippen LogP contribution in [0.3, 0.4) is 0 Å². The number of rotatable bonds is 6. The molecule has 2 heterocycles. The molecule has 3 aromatic rings. The van der Waals surface area contributed by atoms with Gasteiger partial charge in [-0.05, 0) is 24.3 Å². The standard InChI is InChI=1S/C16H15N3O5S/c1-21-11-7-9(8-12(22-2)13(11)23-3)14(20)17-16-19-18-15(25-16)10-5-4-6-24-10/h4-8H,1-3H3,(H,17,19,20). The number of aromatic nitrogens is 2. The summed E-state index contributed by atoms with van der Waals surface area (Å²) in [5.74, 6) is 1.41. The third kappa shape index (κ3) is 3.41. The Morgan fingerprint density at radius 1 is 1.12 bits per heavy atom. The summed E-state index contributed by atoms with van der Waals surface area (Å²) in [6.45, 7) is 0. The first-order valence-corrected chi connectivity index (χ1v) is 7.96. The van der Waals surface area contributed by atoms with Crippen molar-refractivity contribution in [3.05, 3.63) is 36.1 Å². The maximum atomic E-state index is 12.5. The molecule has 1 amide bonds. The summed E-state index contributed by atoms with van der Waals surface area (Å²) in [6, 6.07) is 6.65. The van der Waals surface area contributed by atoms with E-state index in [2.05, 4.69) is 15.5 Å². The van der Waals surface area contributed by atoms with E-state index < -0.39 is 0 Å². The zero-order valence-corrected chi connectivity index (χ0v) is 14.5. The minimum absolute atomic E-state index is 0.337. The number of carbonyl (C=O) groups excluding carboxylic acids is 1. The van der Waals surface area contributed by atoms with Crippen molar-refractivity contribution in [2.45, 2.75) is 0 Å². The van der Waals surface area contributed by atoms with Crippen LogP contribution >= 0.6 is 11.3 Å². The lowest BCUT2D eigenvalue weighted by Crippen LogP contribution is -2.12. The minimum atomic E-state index is -0.374. The van der Waals surface area contributed by atoms with Crippen molar-refractivity contribution in [3.63, 3.8) is 0 Å². The maximum absolute atomic E-state index is 12.5. The van der Waals surface area contributed by atoms with Crippen LogP contribution in [0.15, 0.2) is 34.9 Å². The lowest BCUT2D eigenvalue weighted by Gasteiger charge is -2.13. The highest BCUT2D eigenvalue weighted by molar-refractivity contribution is 7.18. The number of hydrogen-bond acceptors (Lipinski definition) is 8. The second-order valence-electron chi connectivity index (χ2n) is 4.76. The van der Waals surface area contributed by atoms with Crippen LogP contribution < -0.4 is 19.5 Å². The van der Waals surface area contributed by atoms with Crippen LogP contribution in [0.2, 0.25) is 0 Å². The van der Waals surface area contributed by atoms with Crippen LogP contribution in [-0.4, -0.2) is 37.4 Å². The van der Waals surface area contributed by atoms with Crippen LogP contribution in [0.25, 0.3) is 10.8 Å². The lowest BCUT2D eigenvalue weighted by atomic mass is 10.1. The van der Waals surface area contributed by atoms with Crippen LogP contribution in [-0.2, 0) is 0 Å². The Morgan fingerprint density at radius 3 is 2.40 bits per heavy atom. The van der Waals surface area contributed by atoms with Gasteiger partial charge in [0.15, 0.2) is 22.3 Å². The number of methoxy groups -OCH3 is 3. The van der Waals surface area contributed by atoms with Crippen molar-refractivity contribution in [3.8, 4) is 28.0 Å². The largest absolute Gasteiger partial charge is 0.493 e. The minimum Gasteiger partial charge on any atom is -0.493 e. The van der Waals surface area contributed by atoms with Gasteiger partial charge in [0.25, 0.3) is 5.91 Å². The summed E-state index contributed by atoms with van der Waals surface area (Å²) in [6.07, 6.45) is 1.55. The molecule has 0 fully saturated rings. The Hall–Kier alpha value is -3.07. The zero-order chi connectivity index (χ0) is 17.8. The molecule has 0 aliphatic carbocycles.